The predicted molar refractivity (Wildman–Crippen MR) is 90.3 cm³/mol. The van der Waals surface area contributed by atoms with Crippen LogP contribution in [0.25, 0.3) is 0 Å². The van der Waals surface area contributed by atoms with Crippen LogP contribution in [-0.2, 0) is 19.3 Å². The first-order valence-corrected chi connectivity index (χ1v) is 9.04. The summed E-state index contributed by atoms with van der Waals surface area (Å²) in [6.45, 7) is 4.35. The molecule has 0 N–H and O–H groups in total. The summed E-state index contributed by atoms with van der Waals surface area (Å²) in [5.74, 6) is 0.994. The van der Waals surface area contributed by atoms with Crippen LogP contribution >= 0.6 is 0 Å². The molecular weight excluding hydrogens is 270 g/mol. The molecule has 22 heavy (non-hydrogen) atoms. The summed E-state index contributed by atoms with van der Waals surface area (Å²) in [6, 6.07) is 2.52. The number of unbranched alkanes of at least 4 members (excludes halogenated alkanes) is 1. The normalized spacial score (nSPS) is 17.9. The molecule has 0 radical (unpaired) electrons. The molecule has 0 saturated carbocycles. The summed E-state index contributed by atoms with van der Waals surface area (Å²) in [6.07, 6.45) is 11.9. The van der Waals surface area contributed by atoms with E-state index in [1.165, 1.54) is 61.8 Å². The Kier molecular flexibility index (Phi) is 4.97. The smallest absolute Gasteiger partial charge is 0.147 e. The second kappa shape index (κ2) is 7.13. The number of hydrogen-bond acceptors (Lipinski definition) is 3. The average Bonchev–Trinajstić information content (AvgIpc) is 2.59. The molecule has 2 heterocycles. The molecule has 1 aliphatic carbocycles. The van der Waals surface area contributed by atoms with Crippen molar-refractivity contribution in [1.29, 1.82) is 5.26 Å². The Bertz CT molecular complexity index is 565. The maximum absolute atomic E-state index is 9.81. The Morgan fingerprint density at radius 1 is 1.09 bits per heavy atom. The van der Waals surface area contributed by atoms with Crippen LogP contribution in [0.15, 0.2) is 0 Å². The molecule has 3 heteroatoms. The number of piperidine rings is 1. The van der Waals surface area contributed by atoms with Crippen LogP contribution < -0.4 is 4.90 Å². The number of nitrogens with zero attached hydrogens (tertiary/aromatic N) is 3. The highest BCUT2D eigenvalue weighted by Crippen LogP contribution is 2.33. The summed E-state index contributed by atoms with van der Waals surface area (Å²) >= 11 is 0. The summed E-state index contributed by atoms with van der Waals surface area (Å²) in [5, 5.41) is 9.81. The number of pyridine rings is 1. The minimum atomic E-state index is 0.885. The summed E-state index contributed by atoms with van der Waals surface area (Å²) in [4.78, 5) is 7.35. The molecule has 0 bridgehead atoms. The molecule has 1 saturated heterocycles. The zero-order valence-electron chi connectivity index (χ0n) is 13.8. The summed E-state index contributed by atoms with van der Waals surface area (Å²) < 4.78 is 0. The lowest BCUT2D eigenvalue weighted by atomic mass is 9.87. The fraction of sp³-hybridized carbons (Fsp3) is 0.684. The molecule has 0 atom stereocenters. The van der Waals surface area contributed by atoms with Crippen LogP contribution in [-0.4, -0.2) is 18.1 Å². The van der Waals surface area contributed by atoms with Gasteiger partial charge in [-0.3, -0.25) is 0 Å². The lowest BCUT2D eigenvalue weighted by molar-refractivity contribution is 0.569. The molecule has 118 valence electrons. The van der Waals surface area contributed by atoms with Gasteiger partial charge in [-0.05, 0) is 68.9 Å². The van der Waals surface area contributed by atoms with E-state index in [2.05, 4.69) is 17.9 Å². The quantitative estimate of drug-likeness (QED) is 0.837. The minimum absolute atomic E-state index is 0.885. The molecule has 1 aromatic rings. The van der Waals surface area contributed by atoms with Gasteiger partial charge in [0.2, 0.25) is 0 Å². The van der Waals surface area contributed by atoms with Gasteiger partial charge in [-0.15, -0.1) is 0 Å². The molecule has 1 aromatic heterocycles. The topological polar surface area (TPSA) is 39.9 Å². The van der Waals surface area contributed by atoms with E-state index in [1.807, 2.05) is 0 Å². The van der Waals surface area contributed by atoms with Crippen LogP contribution in [0.2, 0.25) is 0 Å². The summed E-state index contributed by atoms with van der Waals surface area (Å²) in [7, 11) is 0. The van der Waals surface area contributed by atoms with E-state index >= 15 is 0 Å². The molecule has 0 amide bonds. The molecular formula is C19H27N3. The van der Waals surface area contributed by atoms with E-state index in [0.29, 0.717) is 0 Å². The van der Waals surface area contributed by atoms with Crippen molar-refractivity contribution in [2.45, 2.75) is 71.1 Å². The molecule has 1 aliphatic heterocycles. The number of aryl methyl sites for hydroxylation is 1. The van der Waals surface area contributed by atoms with E-state index in [1.54, 1.807) is 0 Å². The fourth-order valence-electron chi connectivity index (χ4n) is 3.89. The molecule has 0 unspecified atom stereocenters. The van der Waals surface area contributed by atoms with Gasteiger partial charge in [0.1, 0.15) is 11.9 Å². The van der Waals surface area contributed by atoms with Crippen molar-refractivity contribution in [1.82, 2.24) is 4.98 Å². The van der Waals surface area contributed by atoms with Crippen molar-refractivity contribution in [3.8, 4) is 6.07 Å². The van der Waals surface area contributed by atoms with Gasteiger partial charge >= 0.3 is 0 Å². The SMILES string of the molecule is CCCCc1c(C#N)c(N2CCCCC2)nc2c1CCCC2. The van der Waals surface area contributed by atoms with E-state index in [0.717, 1.165) is 43.7 Å². The van der Waals surface area contributed by atoms with Crippen LogP contribution in [0, 0.1) is 11.3 Å². The minimum Gasteiger partial charge on any atom is -0.356 e. The van der Waals surface area contributed by atoms with Gasteiger partial charge in [0.25, 0.3) is 0 Å². The van der Waals surface area contributed by atoms with Crippen LogP contribution in [0.3, 0.4) is 0 Å². The van der Waals surface area contributed by atoms with Crippen molar-refractivity contribution in [2.24, 2.45) is 0 Å². The van der Waals surface area contributed by atoms with E-state index in [4.69, 9.17) is 4.98 Å². The van der Waals surface area contributed by atoms with Gasteiger partial charge in [0, 0.05) is 18.8 Å². The highest BCUT2D eigenvalue weighted by molar-refractivity contribution is 5.61. The fourth-order valence-corrected chi connectivity index (χ4v) is 3.89. The van der Waals surface area contributed by atoms with Crippen molar-refractivity contribution in [3.05, 3.63) is 22.4 Å². The number of anilines is 1. The Balaban J connectivity index is 2.06. The zero-order chi connectivity index (χ0) is 15.4. The third-order valence-electron chi connectivity index (χ3n) is 5.12. The Morgan fingerprint density at radius 3 is 2.59 bits per heavy atom. The van der Waals surface area contributed by atoms with Crippen molar-refractivity contribution >= 4 is 5.82 Å². The van der Waals surface area contributed by atoms with Gasteiger partial charge in [0.15, 0.2) is 0 Å². The van der Waals surface area contributed by atoms with Gasteiger partial charge in [0.05, 0.1) is 5.56 Å². The second-order valence-electron chi connectivity index (χ2n) is 6.68. The number of rotatable bonds is 4. The first kappa shape index (κ1) is 15.3. The lowest BCUT2D eigenvalue weighted by Gasteiger charge is -2.31. The summed E-state index contributed by atoms with van der Waals surface area (Å²) in [5.41, 5.74) is 4.92. The molecule has 1 fully saturated rings. The predicted octanol–water partition coefficient (Wildman–Crippen LogP) is 4.16. The molecule has 2 aliphatic rings. The van der Waals surface area contributed by atoms with Crippen molar-refractivity contribution in [2.75, 3.05) is 18.0 Å². The molecule has 3 nitrogen and oxygen atoms in total. The van der Waals surface area contributed by atoms with Crippen LogP contribution in [0.1, 0.15) is 74.3 Å². The van der Waals surface area contributed by atoms with Gasteiger partial charge in [-0.25, -0.2) is 4.98 Å². The van der Waals surface area contributed by atoms with E-state index in [-0.39, 0.29) is 0 Å². The van der Waals surface area contributed by atoms with E-state index < -0.39 is 0 Å². The van der Waals surface area contributed by atoms with Crippen molar-refractivity contribution < 1.29 is 0 Å². The maximum Gasteiger partial charge on any atom is 0.147 e. The Morgan fingerprint density at radius 2 is 1.86 bits per heavy atom. The van der Waals surface area contributed by atoms with Crippen LogP contribution in [0.4, 0.5) is 5.82 Å². The largest absolute Gasteiger partial charge is 0.356 e. The van der Waals surface area contributed by atoms with Crippen LogP contribution in [0.5, 0.6) is 0 Å². The highest BCUT2D eigenvalue weighted by Gasteiger charge is 2.24. The third kappa shape index (κ3) is 2.97. The number of hydrogen-bond donors (Lipinski definition) is 0. The van der Waals surface area contributed by atoms with Gasteiger partial charge in [-0.2, -0.15) is 5.26 Å². The third-order valence-corrected chi connectivity index (χ3v) is 5.12. The van der Waals surface area contributed by atoms with Crippen molar-refractivity contribution in [3.63, 3.8) is 0 Å². The van der Waals surface area contributed by atoms with E-state index in [9.17, 15) is 5.26 Å². The Labute approximate surface area is 134 Å². The van der Waals surface area contributed by atoms with Gasteiger partial charge < -0.3 is 4.90 Å². The van der Waals surface area contributed by atoms with Gasteiger partial charge in [-0.1, -0.05) is 13.3 Å². The number of fused-ring (bicyclic) bond motifs is 1. The monoisotopic (exact) mass is 297 g/mol. The number of nitriles is 1. The zero-order valence-corrected chi connectivity index (χ0v) is 13.8. The average molecular weight is 297 g/mol. The first-order valence-electron chi connectivity index (χ1n) is 9.04. The maximum atomic E-state index is 9.81. The molecule has 3 rings (SSSR count). The highest BCUT2D eigenvalue weighted by atomic mass is 15.2. The number of aromatic nitrogens is 1. The molecule has 0 spiro atoms. The molecule has 0 aromatic carbocycles. The second-order valence-corrected chi connectivity index (χ2v) is 6.68. The Hall–Kier alpha value is -1.56. The standard InChI is InChI=1S/C19H27N3/c1-2-3-9-15-16-10-5-6-11-18(16)21-19(17(15)14-20)22-12-7-4-8-13-22/h2-13H2,1H3. The lowest BCUT2D eigenvalue weighted by Crippen LogP contribution is -2.32. The first-order chi connectivity index (χ1) is 10.8.